The molecule has 0 amide bonds. The fourth-order valence-electron chi connectivity index (χ4n) is 2.86. The van der Waals surface area contributed by atoms with Crippen LogP contribution in [0.1, 0.15) is 34.8 Å². The van der Waals surface area contributed by atoms with Gasteiger partial charge in [-0.15, -0.1) is 0 Å². The predicted octanol–water partition coefficient (Wildman–Crippen LogP) is 3.86. The van der Waals surface area contributed by atoms with Crippen molar-refractivity contribution in [3.63, 3.8) is 0 Å². The SMILES string of the molecule is CC(=O)CC1=C(C(=O)c2ccccc2)Cc2ccccc21. The third-order valence-electron chi connectivity index (χ3n) is 3.81. The van der Waals surface area contributed by atoms with Gasteiger partial charge in [-0.05, 0) is 23.6 Å². The second kappa shape index (κ2) is 5.49. The van der Waals surface area contributed by atoms with Crippen LogP contribution >= 0.6 is 0 Å². The Labute approximate surface area is 124 Å². The molecule has 21 heavy (non-hydrogen) atoms. The Balaban J connectivity index is 2.07. The van der Waals surface area contributed by atoms with Gasteiger partial charge in [-0.1, -0.05) is 54.6 Å². The van der Waals surface area contributed by atoms with E-state index < -0.39 is 0 Å². The molecule has 0 fully saturated rings. The van der Waals surface area contributed by atoms with Gasteiger partial charge in [-0.2, -0.15) is 0 Å². The normalized spacial score (nSPS) is 13.2. The van der Waals surface area contributed by atoms with E-state index in [4.69, 9.17) is 0 Å². The van der Waals surface area contributed by atoms with E-state index in [1.807, 2.05) is 54.6 Å². The summed E-state index contributed by atoms with van der Waals surface area (Å²) in [6, 6.07) is 17.2. The Hall–Kier alpha value is -2.48. The van der Waals surface area contributed by atoms with E-state index in [0.29, 0.717) is 18.4 Å². The van der Waals surface area contributed by atoms with Gasteiger partial charge >= 0.3 is 0 Å². The van der Waals surface area contributed by atoms with E-state index in [1.54, 1.807) is 6.92 Å². The highest BCUT2D eigenvalue weighted by Gasteiger charge is 2.26. The molecule has 2 aromatic rings. The number of hydrogen-bond acceptors (Lipinski definition) is 2. The van der Waals surface area contributed by atoms with Crippen LogP contribution in [0.25, 0.3) is 5.57 Å². The average molecular weight is 276 g/mol. The molecule has 1 aliphatic carbocycles. The van der Waals surface area contributed by atoms with Crippen molar-refractivity contribution in [2.75, 3.05) is 0 Å². The number of Topliss-reactive ketones (excluding diaryl/α,β-unsaturated/α-hetero) is 2. The molecule has 0 saturated carbocycles. The van der Waals surface area contributed by atoms with E-state index in [-0.39, 0.29) is 11.6 Å². The standard InChI is InChI=1S/C19H16O2/c1-13(20)11-17-16-10-6-5-9-15(16)12-18(17)19(21)14-7-3-2-4-8-14/h2-10H,11-12H2,1H3. The second-order valence-electron chi connectivity index (χ2n) is 5.36. The number of carbonyl (C=O) groups excluding carboxylic acids is 2. The minimum Gasteiger partial charge on any atom is -0.300 e. The first-order valence-electron chi connectivity index (χ1n) is 7.06. The molecule has 0 atom stereocenters. The van der Waals surface area contributed by atoms with Crippen LogP contribution in [0.3, 0.4) is 0 Å². The molecule has 2 nitrogen and oxygen atoms in total. The summed E-state index contributed by atoms with van der Waals surface area (Å²) < 4.78 is 0. The van der Waals surface area contributed by atoms with Crippen LogP contribution in [0.2, 0.25) is 0 Å². The van der Waals surface area contributed by atoms with E-state index in [9.17, 15) is 9.59 Å². The zero-order chi connectivity index (χ0) is 14.8. The maximum absolute atomic E-state index is 12.7. The molecule has 0 bridgehead atoms. The lowest BCUT2D eigenvalue weighted by Gasteiger charge is -2.06. The van der Waals surface area contributed by atoms with Crippen molar-refractivity contribution in [1.82, 2.24) is 0 Å². The summed E-state index contributed by atoms with van der Waals surface area (Å²) in [5.74, 6) is 0.114. The number of benzene rings is 2. The van der Waals surface area contributed by atoms with Crippen LogP contribution in [-0.4, -0.2) is 11.6 Å². The van der Waals surface area contributed by atoms with Crippen LogP contribution in [0, 0.1) is 0 Å². The number of rotatable bonds is 4. The van der Waals surface area contributed by atoms with Crippen molar-refractivity contribution in [3.05, 3.63) is 76.9 Å². The fourth-order valence-corrected chi connectivity index (χ4v) is 2.86. The largest absolute Gasteiger partial charge is 0.300 e. The highest BCUT2D eigenvalue weighted by Crippen LogP contribution is 2.36. The van der Waals surface area contributed by atoms with Crippen LogP contribution in [0.4, 0.5) is 0 Å². The van der Waals surface area contributed by atoms with Gasteiger partial charge in [0, 0.05) is 24.0 Å². The van der Waals surface area contributed by atoms with E-state index >= 15 is 0 Å². The Morgan fingerprint density at radius 2 is 1.62 bits per heavy atom. The average Bonchev–Trinajstić information content (AvgIpc) is 2.86. The van der Waals surface area contributed by atoms with Crippen molar-refractivity contribution in [2.24, 2.45) is 0 Å². The molecule has 2 heteroatoms. The number of allylic oxidation sites excluding steroid dienone is 2. The Morgan fingerprint density at radius 1 is 0.952 bits per heavy atom. The van der Waals surface area contributed by atoms with E-state index in [2.05, 4.69) is 0 Å². The van der Waals surface area contributed by atoms with Crippen molar-refractivity contribution >= 4 is 17.1 Å². The number of hydrogen-bond donors (Lipinski definition) is 0. The molecular formula is C19H16O2. The quantitative estimate of drug-likeness (QED) is 0.795. The third-order valence-corrected chi connectivity index (χ3v) is 3.81. The maximum atomic E-state index is 12.7. The number of fused-ring (bicyclic) bond motifs is 1. The third kappa shape index (κ3) is 2.57. The zero-order valence-electron chi connectivity index (χ0n) is 11.9. The minimum absolute atomic E-state index is 0.0306. The van der Waals surface area contributed by atoms with Gasteiger partial charge in [0.2, 0.25) is 0 Å². The summed E-state index contributed by atoms with van der Waals surface area (Å²) in [5, 5.41) is 0. The van der Waals surface area contributed by atoms with Crippen molar-refractivity contribution in [2.45, 2.75) is 19.8 Å². The van der Waals surface area contributed by atoms with E-state index in [0.717, 1.165) is 22.3 Å². The molecule has 0 N–H and O–H groups in total. The topological polar surface area (TPSA) is 34.1 Å². The van der Waals surface area contributed by atoms with Gasteiger partial charge in [0.1, 0.15) is 5.78 Å². The van der Waals surface area contributed by atoms with E-state index in [1.165, 1.54) is 0 Å². The molecule has 0 radical (unpaired) electrons. The number of carbonyl (C=O) groups is 2. The molecule has 3 rings (SSSR count). The smallest absolute Gasteiger partial charge is 0.189 e. The summed E-state index contributed by atoms with van der Waals surface area (Å²) in [7, 11) is 0. The van der Waals surface area contributed by atoms with Crippen molar-refractivity contribution in [3.8, 4) is 0 Å². The van der Waals surface area contributed by atoms with Gasteiger partial charge < -0.3 is 0 Å². The molecule has 104 valence electrons. The molecule has 2 aromatic carbocycles. The molecule has 0 saturated heterocycles. The zero-order valence-corrected chi connectivity index (χ0v) is 11.9. The number of ketones is 2. The van der Waals surface area contributed by atoms with Gasteiger partial charge in [-0.3, -0.25) is 9.59 Å². The lowest BCUT2D eigenvalue weighted by Crippen LogP contribution is -2.06. The Kier molecular flexibility index (Phi) is 3.53. The summed E-state index contributed by atoms with van der Waals surface area (Å²) in [5.41, 5.74) is 4.52. The van der Waals surface area contributed by atoms with Crippen LogP contribution < -0.4 is 0 Å². The molecule has 1 aliphatic rings. The summed E-state index contributed by atoms with van der Waals surface area (Å²) in [4.78, 5) is 24.3. The molecular weight excluding hydrogens is 260 g/mol. The van der Waals surface area contributed by atoms with Gasteiger partial charge in [-0.25, -0.2) is 0 Å². The van der Waals surface area contributed by atoms with Crippen LogP contribution in [-0.2, 0) is 11.2 Å². The predicted molar refractivity (Wildman–Crippen MR) is 83.1 cm³/mol. The summed E-state index contributed by atoms with van der Waals surface area (Å²) in [6.45, 7) is 1.57. The highest BCUT2D eigenvalue weighted by molar-refractivity contribution is 6.16. The van der Waals surface area contributed by atoms with Crippen molar-refractivity contribution < 1.29 is 9.59 Å². The minimum atomic E-state index is 0.0306. The molecule has 0 unspecified atom stereocenters. The fraction of sp³-hybridized carbons (Fsp3) is 0.158. The van der Waals surface area contributed by atoms with Gasteiger partial charge in [0.15, 0.2) is 5.78 Å². The lowest BCUT2D eigenvalue weighted by atomic mass is 9.96. The van der Waals surface area contributed by atoms with Crippen molar-refractivity contribution in [1.29, 1.82) is 0 Å². The molecule has 0 aliphatic heterocycles. The highest BCUT2D eigenvalue weighted by atomic mass is 16.1. The van der Waals surface area contributed by atoms with Crippen LogP contribution in [0.5, 0.6) is 0 Å². The monoisotopic (exact) mass is 276 g/mol. The first kappa shape index (κ1) is 13.5. The molecule has 0 heterocycles. The molecule has 0 aromatic heterocycles. The van der Waals surface area contributed by atoms with Crippen LogP contribution in [0.15, 0.2) is 60.2 Å². The first-order valence-corrected chi connectivity index (χ1v) is 7.06. The molecule has 0 spiro atoms. The Morgan fingerprint density at radius 3 is 2.33 bits per heavy atom. The maximum Gasteiger partial charge on any atom is 0.189 e. The lowest BCUT2D eigenvalue weighted by molar-refractivity contribution is -0.116. The van der Waals surface area contributed by atoms with Gasteiger partial charge in [0.05, 0.1) is 0 Å². The first-order chi connectivity index (χ1) is 10.2. The van der Waals surface area contributed by atoms with Gasteiger partial charge in [0.25, 0.3) is 0 Å². The summed E-state index contributed by atoms with van der Waals surface area (Å²) >= 11 is 0. The Bertz CT molecular complexity index is 739. The summed E-state index contributed by atoms with van der Waals surface area (Å²) in [6.07, 6.45) is 0.942. The second-order valence-corrected chi connectivity index (χ2v) is 5.36.